The average molecular weight is 216 g/mol. The lowest BCUT2D eigenvalue weighted by Crippen LogP contribution is -2.05. The molecule has 0 saturated carbocycles. The third-order valence-electron chi connectivity index (χ3n) is 2.64. The summed E-state index contributed by atoms with van der Waals surface area (Å²) < 4.78 is 1.80. The molecule has 2 aromatic rings. The predicted molar refractivity (Wildman–Crippen MR) is 66.1 cm³/mol. The van der Waals surface area contributed by atoms with Crippen LogP contribution in [0.15, 0.2) is 30.5 Å². The molecule has 0 aliphatic carbocycles. The van der Waals surface area contributed by atoms with Gasteiger partial charge in [0.2, 0.25) is 0 Å². The largest absolute Gasteiger partial charge is 0.399 e. The highest BCUT2D eigenvalue weighted by Crippen LogP contribution is 2.14. The second-order valence-corrected chi connectivity index (χ2v) is 3.88. The van der Waals surface area contributed by atoms with Gasteiger partial charge in [-0.15, -0.1) is 0 Å². The van der Waals surface area contributed by atoms with Crippen molar-refractivity contribution in [2.45, 2.75) is 13.5 Å². The first-order valence-electron chi connectivity index (χ1n) is 5.23. The topological polar surface area (TPSA) is 55.9 Å². The molecule has 84 valence electrons. The summed E-state index contributed by atoms with van der Waals surface area (Å²) in [4.78, 5) is 0. The van der Waals surface area contributed by atoms with E-state index in [9.17, 15) is 0 Å². The van der Waals surface area contributed by atoms with Crippen LogP contribution in [0, 0.1) is 6.92 Å². The van der Waals surface area contributed by atoms with Gasteiger partial charge in [-0.25, -0.2) is 0 Å². The van der Waals surface area contributed by atoms with E-state index in [1.54, 1.807) is 10.9 Å². The smallest absolute Gasteiger partial charge is 0.124 e. The van der Waals surface area contributed by atoms with Gasteiger partial charge in [0.05, 0.1) is 6.20 Å². The molecule has 4 nitrogen and oxygen atoms in total. The van der Waals surface area contributed by atoms with Crippen LogP contribution in [-0.2, 0) is 13.6 Å². The van der Waals surface area contributed by atoms with E-state index in [0.717, 1.165) is 23.6 Å². The highest BCUT2D eigenvalue weighted by Gasteiger charge is 1.99. The van der Waals surface area contributed by atoms with Gasteiger partial charge in [-0.2, -0.15) is 5.10 Å². The zero-order valence-electron chi connectivity index (χ0n) is 9.57. The number of anilines is 2. The minimum Gasteiger partial charge on any atom is -0.399 e. The van der Waals surface area contributed by atoms with Crippen molar-refractivity contribution in [3.05, 3.63) is 41.6 Å². The molecule has 4 heteroatoms. The number of nitrogens with one attached hydrogen (secondary N) is 1. The second-order valence-electron chi connectivity index (χ2n) is 3.88. The van der Waals surface area contributed by atoms with Crippen molar-refractivity contribution in [2.75, 3.05) is 11.1 Å². The molecule has 0 fully saturated rings. The van der Waals surface area contributed by atoms with Crippen molar-refractivity contribution in [3.63, 3.8) is 0 Å². The van der Waals surface area contributed by atoms with Crippen LogP contribution in [0.25, 0.3) is 0 Å². The molecule has 3 N–H and O–H groups in total. The summed E-state index contributed by atoms with van der Waals surface area (Å²) in [7, 11) is 1.91. The van der Waals surface area contributed by atoms with E-state index < -0.39 is 0 Å². The SMILES string of the molecule is Cc1ccc(CNc2ccnn2C)cc1N. The molecular weight excluding hydrogens is 200 g/mol. The Kier molecular flexibility index (Phi) is 2.81. The van der Waals surface area contributed by atoms with Crippen LogP contribution in [0.5, 0.6) is 0 Å². The van der Waals surface area contributed by atoms with Crippen LogP contribution in [0.3, 0.4) is 0 Å². The van der Waals surface area contributed by atoms with Crippen LogP contribution in [0.4, 0.5) is 11.5 Å². The molecule has 0 spiro atoms. The molecule has 2 rings (SSSR count). The minimum atomic E-state index is 0.754. The zero-order chi connectivity index (χ0) is 11.5. The normalized spacial score (nSPS) is 10.4. The Labute approximate surface area is 95.1 Å². The predicted octanol–water partition coefficient (Wildman–Crippen LogP) is 1.92. The number of rotatable bonds is 3. The maximum Gasteiger partial charge on any atom is 0.124 e. The summed E-state index contributed by atoms with van der Waals surface area (Å²) >= 11 is 0. The van der Waals surface area contributed by atoms with Crippen LogP contribution < -0.4 is 11.1 Å². The highest BCUT2D eigenvalue weighted by molar-refractivity contribution is 5.49. The lowest BCUT2D eigenvalue weighted by molar-refractivity contribution is 0.769. The van der Waals surface area contributed by atoms with E-state index in [2.05, 4.69) is 16.5 Å². The number of nitrogens with zero attached hydrogens (tertiary/aromatic N) is 2. The summed E-state index contributed by atoms with van der Waals surface area (Å²) in [6.07, 6.45) is 1.77. The average Bonchev–Trinajstić information content (AvgIpc) is 2.66. The lowest BCUT2D eigenvalue weighted by Gasteiger charge is -2.08. The van der Waals surface area contributed by atoms with Gasteiger partial charge in [-0.05, 0) is 24.1 Å². The van der Waals surface area contributed by atoms with Gasteiger partial charge in [0, 0.05) is 25.3 Å². The Morgan fingerprint density at radius 3 is 2.81 bits per heavy atom. The Hall–Kier alpha value is -1.97. The monoisotopic (exact) mass is 216 g/mol. The van der Waals surface area contributed by atoms with Gasteiger partial charge in [0.1, 0.15) is 5.82 Å². The minimum absolute atomic E-state index is 0.754. The number of aryl methyl sites for hydroxylation is 2. The Morgan fingerprint density at radius 1 is 1.38 bits per heavy atom. The van der Waals surface area contributed by atoms with Crippen molar-refractivity contribution in [3.8, 4) is 0 Å². The number of hydrogen-bond donors (Lipinski definition) is 2. The van der Waals surface area contributed by atoms with Crippen molar-refractivity contribution in [1.29, 1.82) is 0 Å². The standard InChI is InChI=1S/C12H16N4/c1-9-3-4-10(7-11(9)13)8-14-12-5-6-15-16(12)2/h3-7,14H,8,13H2,1-2H3. The van der Waals surface area contributed by atoms with E-state index >= 15 is 0 Å². The van der Waals surface area contributed by atoms with Gasteiger partial charge in [-0.3, -0.25) is 4.68 Å². The van der Waals surface area contributed by atoms with Gasteiger partial charge in [-0.1, -0.05) is 12.1 Å². The first-order chi connectivity index (χ1) is 7.66. The molecule has 0 radical (unpaired) electrons. The lowest BCUT2D eigenvalue weighted by atomic mass is 10.1. The van der Waals surface area contributed by atoms with Crippen LogP contribution in [0.1, 0.15) is 11.1 Å². The maximum absolute atomic E-state index is 5.85. The molecule has 0 atom stereocenters. The number of nitrogen functional groups attached to an aromatic ring is 1. The van der Waals surface area contributed by atoms with Crippen molar-refractivity contribution >= 4 is 11.5 Å². The third kappa shape index (κ3) is 2.16. The highest BCUT2D eigenvalue weighted by atomic mass is 15.3. The Balaban J connectivity index is 2.05. The molecule has 16 heavy (non-hydrogen) atoms. The molecule has 1 aromatic carbocycles. The number of nitrogens with two attached hydrogens (primary N) is 1. The zero-order valence-corrected chi connectivity index (χ0v) is 9.57. The van der Waals surface area contributed by atoms with Crippen LogP contribution in [0.2, 0.25) is 0 Å². The molecule has 0 unspecified atom stereocenters. The van der Waals surface area contributed by atoms with Gasteiger partial charge < -0.3 is 11.1 Å². The summed E-state index contributed by atoms with van der Waals surface area (Å²) in [6, 6.07) is 8.06. The van der Waals surface area contributed by atoms with Gasteiger partial charge in [0.15, 0.2) is 0 Å². The fourth-order valence-corrected chi connectivity index (χ4v) is 1.54. The molecule has 0 aliphatic heterocycles. The molecular formula is C12H16N4. The Bertz CT molecular complexity index is 488. The van der Waals surface area contributed by atoms with E-state index in [0.29, 0.717) is 0 Å². The Morgan fingerprint density at radius 2 is 2.19 bits per heavy atom. The quantitative estimate of drug-likeness (QED) is 0.771. The van der Waals surface area contributed by atoms with Crippen molar-refractivity contribution in [1.82, 2.24) is 9.78 Å². The molecule has 1 aromatic heterocycles. The van der Waals surface area contributed by atoms with Crippen LogP contribution >= 0.6 is 0 Å². The first-order valence-corrected chi connectivity index (χ1v) is 5.23. The number of benzene rings is 1. The third-order valence-corrected chi connectivity index (χ3v) is 2.64. The molecule has 0 saturated heterocycles. The fraction of sp³-hybridized carbons (Fsp3) is 0.250. The van der Waals surface area contributed by atoms with Crippen molar-refractivity contribution in [2.24, 2.45) is 7.05 Å². The summed E-state index contributed by atoms with van der Waals surface area (Å²) in [5.41, 5.74) is 8.98. The molecule has 0 bridgehead atoms. The maximum atomic E-state index is 5.85. The van der Waals surface area contributed by atoms with E-state index in [1.165, 1.54) is 5.56 Å². The summed E-state index contributed by atoms with van der Waals surface area (Å²) in [5.74, 6) is 0.999. The van der Waals surface area contributed by atoms with E-state index in [-0.39, 0.29) is 0 Å². The van der Waals surface area contributed by atoms with Gasteiger partial charge >= 0.3 is 0 Å². The van der Waals surface area contributed by atoms with E-state index in [4.69, 9.17) is 5.73 Å². The summed E-state index contributed by atoms with van der Waals surface area (Å²) in [5, 5.41) is 7.39. The molecule has 0 aliphatic rings. The number of hydrogen-bond acceptors (Lipinski definition) is 3. The molecule has 0 amide bonds. The molecule has 1 heterocycles. The van der Waals surface area contributed by atoms with Crippen LogP contribution in [-0.4, -0.2) is 9.78 Å². The van der Waals surface area contributed by atoms with Crippen molar-refractivity contribution < 1.29 is 0 Å². The van der Waals surface area contributed by atoms with E-state index in [1.807, 2.05) is 32.2 Å². The fourth-order valence-electron chi connectivity index (χ4n) is 1.54. The van der Waals surface area contributed by atoms with Gasteiger partial charge in [0.25, 0.3) is 0 Å². The first kappa shape index (κ1) is 10.5. The second kappa shape index (κ2) is 4.26. The number of aromatic nitrogens is 2. The summed E-state index contributed by atoms with van der Waals surface area (Å²) in [6.45, 7) is 2.76.